The molecule has 265 valence electrons. The molecule has 1 radical (unpaired) electrons. The van der Waals surface area contributed by atoms with E-state index in [0.29, 0.717) is 5.92 Å². The maximum absolute atomic E-state index is 6.34. The average Bonchev–Trinajstić information content (AvgIpc) is 3.85. The van der Waals surface area contributed by atoms with Gasteiger partial charge in [-0.1, -0.05) is 48.8 Å². The fourth-order valence-electron chi connectivity index (χ4n) is 7.52. The van der Waals surface area contributed by atoms with Gasteiger partial charge in [0.15, 0.2) is 0 Å². The van der Waals surface area contributed by atoms with Crippen molar-refractivity contribution in [2.24, 2.45) is 11.8 Å². The van der Waals surface area contributed by atoms with Crippen LogP contribution in [0, 0.1) is 24.0 Å². The molecule has 1 aliphatic rings. The number of benzene rings is 3. The molecule has 0 aliphatic heterocycles. The van der Waals surface area contributed by atoms with Crippen LogP contribution in [0.2, 0.25) is 17.3 Å². The number of aromatic nitrogens is 4. The summed E-state index contributed by atoms with van der Waals surface area (Å²) in [4.78, 5) is 14.5. The molecule has 8 rings (SSSR count). The van der Waals surface area contributed by atoms with E-state index in [4.69, 9.17) is 19.4 Å². The first kappa shape index (κ1) is 37.2. The first-order valence-electron chi connectivity index (χ1n) is 18.3. The minimum absolute atomic E-state index is 0. The maximum Gasteiger partial charge on any atom is 0.216 e. The van der Waals surface area contributed by atoms with E-state index >= 15 is 0 Å². The summed E-state index contributed by atoms with van der Waals surface area (Å²) < 4.78 is 10.1. The molecule has 0 saturated heterocycles. The molecule has 1 fully saturated rings. The van der Waals surface area contributed by atoms with Crippen molar-refractivity contribution >= 4 is 50.8 Å². The summed E-state index contributed by atoms with van der Waals surface area (Å²) in [6, 6.07) is 33.7. The van der Waals surface area contributed by atoms with Crippen LogP contribution in [-0.2, 0) is 39.5 Å². The molecule has 0 bridgehead atoms. The fraction of sp³-hybridized carbons (Fsp3) is 0.341. The van der Waals surface area contributed by atoms with E-state index in [1.54, 1.807) is 4.40 Å². The Hall–Kier alpha value is -3.58. The number of nitrogens with zero attached hydrogens (tertiary/aromatic N) is 4. The van der Waals surface area contributed by atoms with Crippen molar-refractivity contribution in [2.75, 3.05) is 0 Å². The molecule has 0 atom stereocenters. The van der Waals surface area contributed by atoms with E-state index in [1.165, 1.54) is 31.2 Å². The number of para-hydroxylation sites is 2. The van der Waals surface area contributed by atoms with Gasteiger partial charge >= 0.3 is 126 Å². The van der Waals surface area contributed by atoms with Crippen molar-refractivity contribution in [3.8, 4) is 22.6 Å². The van der Waals surface area contributed by atoms with Crippen LogP contribution in [-0.4, -0.2) is 32.8 Å². The van der Waals surface area contributed by atoms with Gasteiger partial charge in [-0.25, -0.2) is 4.98 Å². The van der Waals surface area contributed by atoms with Crippen LogP contribution in [0.25, 0.3) is 55.7 Å². The van der Waals surface area contributed by atoms with Gasteiger partial charge in [-0.3, -0.25) is 4.98 Å². The van der Waals surface area contributed by atoms with Gasteiger partial charge < -0.3 is 8.98 Å². The maximum atomic E-state index is 6.34. The van der Waals surface area contributed by atoms with Gasteiger partial charge in [-0.05, 0) is 43.5 Å². The van der Waals surface area contributed by atoms with Crippen LogP contribution >= 0.6 is 0 Å². The molecule has 7 aromatic rings. The molecule has 0 unspecified atom stereocenters. The van der Waals surface area contributed by atoms with E-state index < -0.39 is 13.3 Å². The minimum atomic E-state index is -1.86. The summed E-state index contributed by atoms with van der Waals surface area (Å²) in [6.45, 7) is 7.56. The predicted octanol–water partition coefficient (Wildman–Crippen LogP) is 10.8. The third-order valence-electron chi connectivity index (χ3n) is 9.93. The Balaban J connectivity index is 0.000000188. The van der Waals surface area contributed by atoms with Gasteiger partial charge in [-0.2, -0.15) is 0 Å². The van der Waals surface area contributed by atoms with Gasteiger partial charge in [0.1, 0.15) is 0 Å². The molecule has 4 aromatic heterocycles. The summed E-state index contributed by atoms with van der Waals surface area (Å²) in [5.41, 5.74) is 9.35. The molecule has 0 spiro atoms. The number of hydrogen-bond acceptors (Lipinski definition) is 4. The molecule has 0 N–H and O–H groups in total. The zero-order valence-corrected chi connectivity index (χ0v) is 35.2. The molecular formula is C44H48GeIrN4O-2. The molecule has 4 heterocycles. The molecule has 5 nitrogen and oxygen atoms in total. The molecule has 1 saturated carbocycles. The van der Waals surface area contributed by atoms with Crippen molar-refractivity contribution < 1.29 is 24.5 Å². The van der Waals surface area contributed by atoms with E-state index in [-0.39, 0.29) is 20.1 Å². The number of hydrogen-bond donors (Lipinski definition) is 0. The predicted molar refractivity (Wildman–Crippen MR) is 210 cm³/mol. The van der Waals surface area contributed by atoms with Crippen molar-refractivity contribution in [1.29, 1.82) is 0 Å². The minimum Gasteiger partial charge on any atom is -0.486 e. The largest absolute Gasteiger partial charge is 0.486 e. The van der Waals surface area contributed by atoms with E-state index in [2.05, 4.69) is 109 Å². The van der Waals surface area contributed by atoms with Crippen LogP contribution in [0.5, 0.6) is 0 Å². The zero-order chi connectivity index (χ0) is 34.8. The number of furan rings is 1. The van der Waals surface area contributed by atoms with Crippen molar-refractivity contribution in [3.05, 3.63) is 108 Å². The molecule has 7 heteroatoms. The monoisotopic (exact) mass is 915 g/mol. The Bertz CT molecular complexity index is 2240. The van der Waals surface area contributed by atoms with Gasteiger partial charge in [-0.15, -0.1) is 18.2 Å². The van der Waals surface area contributed by atoms with Gasteiger partial charge in [0, 0.05) is 37.7 Å². The van der Waals surface area contributed by atoms with E-state index in [1.807, 2.05) is 30.3 Å². The summed E-state index contributed by atoms with van der Waals surface area (Å²) in [6.07, 6.45) is 9.69. The zero-order valence-electron chi connectivity index (χ0n) is 30.7. The first-order valence-corrected chi connectivity index (χ1v) is 25.7. The van der Waals surface area contributed by atoms with E-state index in [0.717, 1.165) is 86.7 Å². The summed E-state index contributed by atoms with van der Waals surface area (Å²) in [7, 11) is 0. The first-order chi connectivity index (χ1) is 24.2. The SMILES string of the molecule is CC(C)Cc1cc(-c2[c-]cccc2)nc[c]1[Ge]([CH3])([CH3])[CH3].CCn1c(-c2[c-]ccc3c2oc2nc(CC4CCCC4)ccc23)nc2ccccc21.[Ir]. The van der Waals surface area contributed by atoms with Crippen LogP contribution in [0.15, 0.2) is 89.5 Å². The topological polar surface area (TPSA) is 56.7 Å². The number of fused-ring (bicyclic) bond motifs is 4. The molecular weight excluding hydrogens is 865 g/mol. The Kier molecular flexibility index (Phi) is 11.7. The second kappa shape index (κ2) is 16.0. The quantitative estimate of drug-likeness (QED) is 0.113. The van der Waals surface area contributed by atoms with Crippen LogP contribution in [0.4, 0.5) is 0 Å². The molecule has 3 aromatic carbocycles. The van der Waals surface area contributed by atoms with Crippen molar-refractivity contribution in [1.82, 2.24) is 19.5 Å². The molecule has 0 amide bonds. The Morgan fingerprint density at radius 1 is 0.902 bits per heavy atom. The van der Waals surface area contributed by atoms with Crippen LogP contribution < -0.4 is 4.40 Å². The van der Waals surface area contributed by atoms with E-state index in [9.17, 15) is 0 Å². The third kappa shape index (κ3) is 8.09. The summed E-state index contributed by atoms with van der Waals surface area (Å²) in [5.74, 6) is 9.66. The second-order valence-electron chi connectivity index (χ2n) is 15.2. The summed E-state index contributed by atoms with van der Waals surface area (Å²) >= 11 is -1.86. The van der Waals surface area contributed by atoms with Crippen molar-refractivity contribution in [2.45, 2.75) is 83.1 Å². The average molecular weight is 914 g/mol. The number of pyridine rings is 2. The number of rotatable bonds is 8. The molecule has 1 aliphatic carbocycles. The Labute approximate surface area is 319 Å². The number of imidazole rings is 1. The summed E-state index contributed by atoms with van der Waals surface area (Å²) in [5, 5.41) is 2.14. The normalized spacial score (nSPS) is 13.5. The Morgan fingerprint density at radius 3 is 2.41 bits per heavy atom. The van der Waals surface area contributed by atoms with Gasteiger partial charge in [0.05, 0.1) is 22.4 Å². The van der Waals surface area contributed by atoms with Gasteiger partial charge in [0.25, 0.3) is 0 Å². The fourth-order valence-corrected chi connectivity index (χ4v) is 10.9. The standard InChI is InChI=1S/C26H24N3O.C18H24GeN.Ir/c1-2-29-23-13-6-5-12-22(23)28-25(29)21-11-7-10-19-20-15-14-18(16-17-8-3-4-9-17)27-26(20)30-24(19)21;1-14(2)11-16-12-18(15-9-7-6-8-10-15)20-13-17(16)19(3,4)5;/h5-7,10,12-15,17H,2-4,8-9,16H2,1H3;6-9,12-14H,11H2,1-5H3;/q2*-1;. The smallest absolute Gasteiger partial charge is 0.216 e. The van der Waals surface area contributed by atoms with Crippen LogP contribution in [0.3, 0.4) is 0 Å². The molecule has 51 heavy (non-hydrogen) atoms. The number of aryl methyl sites for hydroxylation is 1. The Morgan fingerprint density at radius 2 is 1.69 bits per heavy atom. The second-order valence-corrected chi connectivity index (χ2v) is 25.8. The van der Waals surface area contributed by atoms with Gasteiger partial charge in [0.2, 0.25) is 5.71 Å². The van der Waals surface area contributed by atoms with Crippen LogP contribution in [0.1, 0.15) is 57.7 Å². The van der Waals surface area contributed by atoms with Crippen molar-refractivity contribution in [3.63, 3.8) is 0 Å². The third-order valence-corrected chi connectivity index (χ3v) is 14.3.